The summed E-state index contributed by atoms with van der Waals surface area (Å²) in [6.07, 6.45) is 3.29. The molecular formula is C10H9N. The van der Waals surface area contributed by atoms with Gasteiger partial charge in [-0.25, -0.2) is 0 Å². The highest BCUT2D eigenvalue weighted by atomic mass is 14.9. The Bertz CT molecular complexity index is 327. The Hall–Kier alpha value is -1.11. The second-order valence-corrected chi connectivity index (χ2v) is 3.32. The number of hydrogen-bond donors (Lipinski definition) is 0. The maximum Gasteiger partial charge on any atom is 0.0575 e. The number of fused-ring (bicyclic) bond motifs is 3. The summed E-state index contributed by atoms with van der Waals surface area (Å²) >= 11 is 0. The zero-order chi connectivity index (χ0) is 7.26. The van der Waals surface area contributed by atoms with Crippen LogP contribution in [0.15, 0.2) is 29.3 Å². The lowest BCUT2D eigenvalue weighted by Crippen LogP contribution is -1.98. The largest absolute Gasteiger partial charge is 0.289 e. The molecule has 54 valence electrons. The molecule has 1 heterocycles. The van der Waals surface area contributed by atoms with Crippen LogP contribution in [0.3, 0.4) is 0 Å². The van der Waals surface area contributed by atoms with Gasteiger partial charge in [-0.15, -0.1) is 0 Å². The van der Waals surface area contributed by atoms with E-state index in [1.54, 1.807) is 0 Å². The van der Waals surface area contributed by atoms with Gasteiger partial charge in [-0.05, 0) is 17.5 Å². The molecule has 1 aromatic rings. The van der Waals surface area contributed by atoms with E-state index in [2.05, 4.69) is 29.3 Å². The molecule has 3 rings (SSSR count). The van der Waals surface area contributed by atoms with Crippen molar-refractivity contribution in [2.75, 3.05) is 0 Å². The van der Waals surface area contributed by atoms with Crippen LogP contribution in [0.4, 0.5) is 0 Å². The Balaban J connectivity index is 2.24. The molecule has 1 nitrogen and oxygen atoms in total. The van der Waals surface area contributed by atoms with Crippen molar-refractivity contribution in [1.82, 2.24) is 0 Å². The summed E-state index contributed by atoms with van der Waals surface area (Å²) in [7, 11) is 0. The maximum absolute atomic E-state index is 4.42. The Labute approximate surface area is 65.8 Å². The summed E-state index contributed by atoms with van der Waals surface area (Å²) in [6, 6.07) is 9.20. The van der Waals surface area contributed by atoms with E-state index < -0.39 is 0 Å². The van der Waals surface area contributed by atoms with Gasteiger partial charge in [0.2, 0.25) is 0 Å². The van der Waals surface area contributed by atoms with E-state index in [4.69, 9.17) is 0 Å². The molecule has 1 saturated carbocycles. The third-order valence-electron chi connectivity index (χ3n) is 2.56. The van der Waals surface area contributed by atoms with Crippen LogP contribution in [-0.4, -0.2) is 12.3 Å². The third-order valence-corrected chi connectivity index (χ3v) is 2.56. The molecule has 1 unspecified atom stereocenters. The Morgan fingerprint density at radius 3 is 3.18 bits per heavy atom. The van der Waals surface area contributed by atoms with E-state index in [0.717, 1.165) is 5.92 Å². The number of rotatable bonds is 0. The second kappa shape index (κ2) is 1.73. The summed E-state index contributed by atoms with van der Waals surface area (Å²) in [5, 5.41) is 0. The van der Waals surface area contributed by atoms with E-state index in [-0.39, 0.29) is 0 Å². The molecular weight excluding hydrogens is 134 g/mol. The first-order chi connectivity index (χ1) is 5.45. The fourth-order valence-corrected chi connectivity index (χ4v) is 1.82. The lowest BCUT2D eigenvalue weighted by atomic mass is 10.0. The molecule has 1 aromatic carbocycles. The van der Waals surface area contributed by atoms with Gasteiger partial charge in [0, 0.05) is 12.1 Å². The average molecular weight is 143 g/mol. The standard InChI is InChI=1S/C10H9N/c1-2-4-8-7(3-1)6-11-10-5-9(8)10/h1-4,6,9-10H,5H2/t9?,10-/m0/s1. The molecule has 0 amide bonds. The van der Waals surface area contributed by atoms with Gasteiger partial charge in [-0.3, -0.25) is 4.99 Å². The van der Waals surface area contributed by atoms with Gasteiger partial charge in [0.25, 0.3) is 0 Å². The molecule has 11 heavy (non-hydrogen) atoms. The van der Waals surface area contributed by atoms with Gasteiger partial charge < -0.3 is 0 Å². The molecule has 1 aliphatic carbocycles. The highest BCUT2D eigenvalue weighted by molar-refractivity contribution is 5.84. The maximum atomic E-state index is 4.42. The van der Waals surface area contributed by atoms with Crippen LogP contribution in [-0.2, 0) is 0 Å². The average Bonchev–Trinajstić information content (AvgIpc) is 2.83. The zero-order valence-electron chi connectivity index (χ0n) is 6.20. The van der Waals surface area contributed by atoms with Gasteiger partial charge in [-0.2, -0.15) is 0 Å². The van der Waals surface area contributed by atoms with Crippen LogP contribution < -0.4 is 0 Å². The van der Waals surface area contributed by atoms with Crippen LogP contribution >= 0.6 is 0 Å². The van der Waals surface area contributed by atoms with Gasteiger partial charge in [0.05, 0.1) is 6.04 Å². The minimum absolute atomic E-state index is 0.630. The van der Waals surface area contributed by atoms with E-state index in [1.165, 1.54) is 17.5 Å². The first-order valence-corrected chi connectivity index (χ1v) is 4.07. The molecule has 0 spiro atoms. The lowest BCUT2D eigenvalue weighted by molar-refractivity contribution is 0.974. The van der Waals surface area contributed by atoms with Crippen molar-refractivity contribution in [3.63, 3.8) is 0 Å². The normalized spacial score (nSPS) is 30.9. The van der Waals surface area contributed by atoms with E-state index in [1.807, 2.05) is 6.21 Å². The molecule has 1 fully saturated rings. The van der Waals surface area contributed by atoms with E-state index in [9.17, 15) is 0 Å². The van der Waals surface area contributed by atoms with Crippen molar-refractivity contribution >= 4 is 6.21 Å². The van der Waals surface area contributed by atoms with Crippen molar-refractivity contribution in [2.45, 2.75) is 18.4 Å². The number of hydrogen-bond acceptors (Lipinski definition) is 1. The zero-order valence-corrected chi connectivity index (χ0v) is 6.20. The Morgan fingerprint density at radius 2 is 2.18 bits per heavy atom. The smallest absolute Gasteiger partial charge is 0.0575 e. The lowest BCUT2D eigenvalue weighted by Gasteiger charge is -2.07. The monoisotopic (exact) mass is 143 g/mol. The summed E-state index contributed by atoms with van der Waals surface area (Å²) in [6.45, 7) is 0. The van der Waals surface area contributed by atoms with E-state index in [0.29, 0.717) is 6.04 Å². The molecule has 1 heteroatoms. The summed E-state index contributed by atoms with van der Waals surface area (Å²) in [5.41, 5.74) is 2.83. The molecule has 1 aliphatic heterocycles. The van der Waals surface area contributed by atoms with E-state index >= 15 is 0 Å². The quantitative estimate of drug-likeness (QED) is 0.526. The molecule has 2 aliphatic rings. The molecule has 0 N–H and O–H groups in total. The first-order valence-electron chi connectivity index (χ1n) is 4.07. The number of aliphatic imine (C=N–C) groups is 1. The van der Waals surface area contributed by atoms with Crippen molar-refractivity contribution in [3.05, 3.63) is 35.4 Å². The van der Waals surface area contributed by atoms with Gasteiger partial charge in [0.1, 0.15) is 0 Å². The molecule has 0 bridgehead atoms. The fourth-order valence-electron chi connectivity index (χ4n) is 1.82. The fraction of sp³-hybridized carbons (Fsp3) is 0.300. The first kappa shape index (κ1) is 5.53. The predicted octanol–water partition coefficient (Wildman–Crippen LogP) is 1.98. The SMILES string of the molecule is C1=N[C@H]2CC2c2ccccc21. The Kier molecular flexibility index (Phi) is 0.869. The van der Waals surface area contributed by atoms with Crippen LogP contribution in [0, 0.1) is 0 Å². The molecule has 0 radical (unpaired) electrons. The summed E-state index contributed by atoms with van der Waals surface area (Å²) in [5.74, 6) is 0.760. The van der Waals surface area contributed by atoms with Crippen LogP contribution in [0.5, 0.6) is 0 Å². The van der Waals surface area contributed by atoms with Crippen molar-refractivity contribution in [1.29, 1.82) is 0 Å². The summed E-state index contributed by atoms with van der Waals surface area (Å²) in [4.78, 5) is 4.42. The van der Waals surface area contributed by atoms with Crippen LogP contribution in [0.1, 0.15) is 23.5 Å². The second-order valence-electron chi connectivity index (χ2n) is 3.32. The summed E-state index contributed by atoms with van der Waals surface area (Å²) < 4.78 is 0. The minimum Gasteiger partial charge on any atom is -0.289 e. The molecule has 0 saturated heterocycles. The predicted molar refractivity (Wildman–Crippen MR) is 45.2 cm³/mol. The molecule has 2 atom stereocenters. The number of nitrogens with zero attached hydrogens (tertiary/aromatic N) is 1. The highest BCUT2D eigenvalue weighted by Crippen LogP contribution is 2.46. The van der Waals surface area contributed by atoms with Gasteiger partial charge in [-0.1, -0.05) is 24.3 Å². The van der Waals surface area contributed by atoms with Gasteiger partial charge in [0.15, 0.2) is 0 Å². The van der Waals surface area contributed by atoms with Crippen LogP contribution in [0.2, 0.25) is 0 Å². The minimum atomic E-state index is 0.630. The Morgan fingerprint density at radius 1 is 1.27 bits per heavy atom. The van der Waals surface area contributed by atoms with Gasteiger partial charge >= 0.3 is 0 Å². The topological polar surface area (TPSA) is 12.4 Å². The molecule has 0 aromatic heterocycles. The van der Waals surface area contributed by atoms with Crippen LogP contribution in [0.25, 0.3) is 0 Å². The van der Waals surface area contributed by atoms with Crippen molar-refractivity contribution < 1.29 is 0 Å². The third kappa shape index (κ3) is 0.681. The van der Waals surface area contributed by atoms with Crippen molar-refractivity contribution in [3.8, 4) is 0 Å². The van der Waals surface area contributed by atoms with Crippen molar-refractivity contribution in [2.24, 2.45) is 4.99 Å². The number of benzene rings is 1. The highest BCUT2D eigenvalue weighted by Gasteiger charge is 2.40.